The van der Waals surface area contributed by atoms with Crippen LogP contribution in [-0.2, 0) is 42.9 Å². The third-order valence-electron chi connectivity index (χ3n) is 4.55. The van der Waals surface area contributed by atoms with Gasteiger partial charge < -0.3 is 24.3 Å². The van der Waals surface area contributed by atoms with E-state index in [9.17, 15) is 28.8 Å². The Morgan fingerprint density at radius 2 is 1.25 bits per heavy atom. The molecular formula is C23H29N3O10. The van der Waals surface area contributed by atoms with Gasteiger partial charge in [0.25, 0.3) is 0 Å². The zero-order valence-electron chi connectivity index (χ0n) is 19.7. The molecule has 13 nitrogen and oxygen atoms in total. The smallest absolute Gasteiger partial charge is 0.409 e. The van der Waals surface area contributed by atoms with Crippen LogP contribution in [0.2, 0.25) is 0 Å². The fourth-order valence-electron chi connectivity index (χ4n) is 2.86. The Hall–Kier alpha value is -4.42. The number of nitrogens with one attached hydrogen (secondary N) is 1. The Morgan fingerprint density at radius 3 is 1.75 bits per heavy atom. The summed E-state index contributed by atoms with van der Waals surface area (Å²) in [5.74, 6) is -3.30. The molecular weight excluding hydrogens is 478 g/mol. The summed E-state index contributed by atoms with van der Waals surface area (Å²) < 4.78 is 20.2. The minimum absolute atomic E-state index is 0.0428. The molecule has 1 aliphatic heterocycles. The fourth-order valence-corrected chi connectivity index (χ4v) is 2.86. The molecule has 0 aromatic heterocycles. The molecule has 13 heteroatoms. The van der Waals surface area contributed by atoms with Crippen LogP contribution >= 0.6 is 0 Å². The molecule has 1 heterocycles. The highest BCUT2D eigenvalue weighted by Gasteiger charge is 2.41. The fraction of sp³-hybridized carbons (Fsp3) is 0.391. The highest BCUT2D eigenvalue weighted by molar-refractivity contribution is 5.89. The van der Waals surface area contributed by atoms with E-state index in [2.05, 4.69) is 31.6 Å². The molecule has 0 aliphatic carbocycles. The van der Waals surface area contributed by atoms with Crippen LogP contribution in [0.4, 0.5) is 4.79 Å². The number of nitrogens with zero attached hydrogens (tertiary/aromatic N) is 2. The molecule has 0 saturated carbocycles. The molecule has 2 atom stereocenters. The highest BCUT2D eigenvalue weighted by Crippen LogP contribution is 2.20. The van der Waals surface area contributed by atoms with Crippen molar-refractivity contribution in [1.29, 1.82) is 0 Å². The molecule has 1 aliphatic rings. The number of esters is 3. The first-order valence-corrected chi connectivity index (χ1v) is 10.7. The number of ether oxygens (including phenoxy) is 4. The SMILES string of the molecule is C=CC(=O)OCCCC(=O)OC1CN(C(=O)C=C)C(OC(=O)NCCOC(=O)C=C)CN1C(=O)C=C. The monoisotopic (exact) mass is 507 g/mol. The van der Waals surface area contributed by atoms with E-state index in [1.54, 1.807) is 0 Å². The minimum atomic E-state index is -1.25. The largest absolute Gasteiger partial charge is 0.463 e. The lowest BCUT2D eigenvalue weighted by Gasteiger charge is -2.43. The van der Waals surface area contributed by atoms with Crippen LogP contribution in [0.15, 0.2) is 50.6 Å². The number of carbonyl (C=O) groups is 6. The molecule has 2 unspecified atom stereocenters. The molecule has 1 saturated heterocycles. The maximum Gasteiger partial charge on any atom is 0.409 e. The summed E-state index contributed by atoms with van der Waals surface area (Å²) in [5, 5.41) is 2.34. The van der Waals surface area contributed by atoms with Gasteiger partial charge in [-0.2, -0.15) is 0 Å². The number of carbonyl (C=O) groups excluding carboxylic acids is 6. The van der Waals surface area contributed by atoms with Crippen molar-refractivity contribution in [3.05, 3.63) is 50.6 Å². The second-order valence-electron chi connectivity index (χ2n) is 6.97. The zero-order chi connectivity index (χ0) is 27.1. The summed E-state index contributed by atoms with van der Waals surface area (Å²) in [5.41, 5.74) is 0. The normalized spacial score (nSPS) is 16.6. The molecule has 0 aromatic carbocycles. The highest BCUT2D eigenvalue weighted by atomic mass is 16.6. The van der Waals surface area contributed by atoms with Gasteiger partial charge in [-0.25, -0.2) is 14.4 Å². The molecule has 3 amide bonds. The van der Waals surface area contributed by atoms with Crippen molar-refractivity contribution in [3.8, 4) is 0 Å². The van der Waals surface area contributed by atoms with Crippen LogP contribution in [0, 0.1) is 0 Å². The Labute approximate surface area is 207 Å². The molecule has 196 valence electrons. The number of hydrogen-bond acceptors (Lipinski definition) is 10. The zero-order valence-corrected chi connectivity index (χ0v) is 19.7. The van der Waals surface area contributed by atoms with Gasteiger partial charge in [0, 0.05) is 18.6 Å². The molecule has 0 spiro atoms. The summed E-state index contributed by atoms with van der Waals surface area (Å²) in [6.45, 7) is 12.4. The van der Waals surface area contributed by atoms with Gasteiger partial charge in [-0.3, -0.25) is 24.2 Å². The van der Waals surface area contributed by atoms with E-state index in [0.29, 0.717) is 0 Å². The third kappa shape index (κ3) is 9.83. The lowest BCUT2D eigenvalue weighted by Crippen LogP contribution is -2.63. The van der Waals surface area contributed by atoms with Crippen LogP contribution in [-0.4, -0.2) is 90.9 Å². The van der Waals surface area contributed by atoms with Gasteiger partial charge in [-0.1, -0.05) is 26.3 Å². The van der Waals surface area contributed by atoms with E-state index in [1.807, 2.05) is 0 Å². The topological polar surface area (TPSA) is 158 Å². The Bertz CT molecular complexity index is 829. The van der Waals surface area contributed by atoms with Crippen LogP contribution in [0.3, 0.4) is 0 Å². The Balaban J connectivity index is 2.83. The standard InChI is InChI=1S/C23H29N3O10/c1-5-16(27)25-15-19(36-23(32)24-11-13-34-21(30)8-4)26(17(28)6-2)14-18(25)35-22(31)10-9-12-33-20(29)7-3/h5-8,18-19H,1-4,9-15H2,(H,24,32). The van der Waals surface area contributed by atoms with E-state index in [-0.39, 0.29) is 45.7 Å². The maximum atomic E-state index is 12.4. The summed E-state index contributed by atoms with van der Waals surface area (Å²) >= 11 is 0. The Morgan fingerprint density at radius 1 is 0.750 bits per heavy atom. The van der Waals surface area contributed by atoms with Crippen molar-refractivity contribution in [2.75, 3.05) is 32.8 Å². The molecule has 36 heavy (non-hydrogen) atoms. The summed E-state index contributed by atoms with van der Waals surface area (Å²) in [6.07, 6.45) is 0.521. The van der Waals surface area contributed by atoms with E-state index in [1.165, 1.54) is 0 Å². The first kappa shape index (κ1) is 29.6. The van der Waals surface area contributed by atoms with Gasteiger partial charge in [-0.15, -0.1) is 0 Å². The maximum absolute atomic E-state index is 12.4. The molecule has 1 rings (SSSR count). The van der Waals surface area contributed by atoms with E-state index in [4.69, 9.17) is 18.9 Å². The van der Waals surface area contributed by atoms with E-state index < -0.39 is 48.3 Å². The predicted molar refractivity (Wildman–Crippen MR) is 124 cm³/mol. The molecule has 1 N–H and O–H groups in total. The van der Waals surface area contributed by atoms with E-state index in [0.717, 1.165) is 34.1 Å². The van der Waals surface area contributed by atoms with Gasteiger partial charge in [0.2, 0.25) is 11.8 Å². The summed E-state index contributed by atoms with van der Waals surface area (Å²) in [4.78, 5) is 73.6. The lowest BCUT2D eigenvalue weighted by atomic mass is 10.2. The summed E-state index contributed by atoms with van der Waals surface area (Å²) in [7, 11) is 0. The molecule has 0 bridgehead atoms. The minimum Gasteiger partial charge on any atom is -0.463 e. The van der Waals surface area contributed by atoms with Crippen LogP contribution in [0.1, 0.15) is 12.8 Å². The van der Waals surface area contributed by atoms with Gasteiger partial charge >= 0.3 is 24.0 Å². The molecule has 0 aromatic rings. The molecule has 1 fully saturated rings. The van der Waals surface area contributed by atoms with Crippen molar-refractivity contribution in [1.82, 2.24) is 15.1 Å². The number of amides is 3. The summed E-state index contributed by atoms with van der Waals surface area (Å²) in [6, 6.07) is 0. The van der Waals surface area contributed by atoms with Gasteiger partial charge in [-0.05, 0) is 18.6 Å². The Kier molecular flexibility index (Phi) is 12.7. The van der Waals surface area contributed by atoms with Crippen molar-refractivity contribution in [2.24, 2.45) is 0 Å². The van der Waals surface area contributed by atoms with Crippen molar-refractivity contribution < 1.29 is 47.7 Å². The number of hydrogen-bond donors (Lipinski definition) is 1. The van der Waals surface area contributed by atoms with Crippen molar-refractivity contribution in [3.63, 3.8) is 0 Å². The van der Waals surface area contributed by atoms with Crippen molar-refractivity contribution in [2.45, 2.75) is 25.3 Å². The third-order valence-corrected chi connectivity index (χ3v) is 4.55. The second-order valence-corrected chi connectivity index (χ2v) is 6.97. The first-order valence-electron chi connectivity index (χ1n) is 10.7. The number of alkyl carbamates (subject to hydrolysis) is 1. The van der Waals surface area contributed by atoms with Gasteiger partial charge in [0.1, 0.15) is 6.61 Å². The van der Waals surface area contributed by atoms with Gasteiger partial charge in [0.05, 0.1) is 26.2 Å². The molecule has 0 radical (unpaired) electrons. The first-order chi connectivity index (χ1) is 17.2. The predicted octanol–water partition coefficient (Wildman–Crippen LogP) is 0.189. The van der Waals surface area contributed by atoms with Crippen molar-refractivity contribution >= 4 is 35.8 Å². The number of piperazine rings is 1. The second kappa shape index (κ2) is 15.5. The number of rotatable bonds is 13. The van der Waals surface area contributed by atoms with Crippen LogP contribution in [0.5, 0.6) is 0 Å². The quantitative estimate of drug-likeness (QED) is 0.158. The van der Waals surface area contributed by atoms with Gasteiger partial charge in [0.15, 0.2) is 12.5 Å². The average Bonchev–Trinajstić information content (AvgIpc) is 2.88. The lowest BCUT2D eigenvalue weighted by molar-refractivity contribution is -0.188. The van der Waals surface area contributed by atoms with Crippen LogP contribution in [0.25, 0.3) is 0 Å². The van der Waals surface area contributed by atoms with Crippen LogP contribution < -0.4 is 5.32 Å². The average molecular weight is 507 g/mol. The van der Waals surface area contributed by atoms with E-state index >= 15 is 0 Å².